The van der Waals surface area contributed by atoms with Gasteiger partial charge in [-0.05, 0) is 43.5 Å². The molecule has 156 valence electrons. The van der Waals surface area contributed by atoms with Crippen LogP contribution in [0.2, 0.25) is 0 Å². The first-order valence-corrected chi connectivity index (χ1v) is 10.1. The minimum Gasteiger partial charge on any atom is -0.497 e. The van der Waals surface area contributed by atoms with Gasteiger partial charge >= 0.3 is 5.91 Å². The van der Waals surface area contributed by atoms with E-state index in [1.165, 1.54) is 14.2 Å². The van der Waals surface area contributed by atoms with Gasteiger partial charge < -0.3 is 19.5 Å². The first-order valence-electron chi connectivity index (χ1n) is 10.1. The average molecular weight is 409 g/mol. The van der Waals surface area contributed by atoms with E-state index in [0.29, 0.717) is 12.2 Å². The molecule has 8 heteroatoms. The van der Waals surface area contributed by atoms with Gasteiger partial charge in [0.1, 0.15) is 17.5 Å². The summed E-state index contributed by atoms with van der Waals surface area (Å²) in [7, 11) is 4.55. The number of amidine groups is 1. The fourth-order valence-electron chi connectivity index (χ4n) is 5.63. The Morgan fingerprint density at radius 2 is 1.73 bits per heavy atom. The number of hydrogen-bond donors (Lipinski definition) is 3. The lowest BCUT2D eigenvalue weighted by atomic mass is 9.52. The molecule has 1 aromatic carbocycles. The second-order valence-electron chi connectivity index (χ2n) is 7.97. The molecule has 8 nitrogen and oxygen atoms in total. The first-order chi connectivity index (χ1) is 14.5. The van der Waals surface area contributed by atoms with Crippen molar-refractivity contribution >= 4 is 5.84 Å². The molecule has 4 rings (SSSR count). The molecule has 0 aromatic heterocycles. The second-order valence-corrected chi connectivity index (χ2v) is 7.97. The van der Waals surface area contributed by atoms with Crippen molar-refractivity contribution in [2.45, 2.75) is 37.6 Å². The summed E-state index contributed by atoms with van der Waals surface area (Å²) in [5.41, 5.74) is 6.55. The third-order valence-electron chi connectivity index (χ3n) is 7.00. The predicted octanol–water partition coefficient (Wildman–Crippen LogP) is -0.441. The molecule has 0 saturated heterocycles. The van der Waals surface area contributed by atoms with Crippen LogP contribution in [0, 0.1) is 33.5 Å². The number of nitrogens with one attached hydrogen (secondary N) is 1. The predicted molar refractivity (Wildman–Crippen MR) is 106 cm³/mol. The summed E-state index contributed by atoms with van der Waals surface area (Å²) in [6.07, 6.45) is 3.51. The van der Waals surface area contributed by atoms with E-state index in [0.717, 1.165) is 36.1 Å². The van der Waals surface area contributed by atoms with Gasteiger partial charge in [-0.2, -0.15) is 10.5 Å². The van der Waals surface area contributed by atoms with Crippen molar-refractivity contribution in [3.8, 4) is 17.9 Å². The van der Waals surface area contributed by atoms with E-state index in [9.17, 15) is 10.5 Å². The van der Waals surface area contributed by atoms with E-state index < -0.39 is 22.8 Å². The molecule has 5 N–H and O–H groups in total. The number of methoxy groups -OCH3 is 3. The number of nitrogens with two attached hydrogens (primary N) is 2. The standard InChI is InChI=1S/C22H25N5O3/c1-28-15-10-8-14(9-11-15)18-20(12-23)19(25)27-22(29-2,30-3)21(20,13-24)16-6-4-5-7-17(16)26-18/h8-11,18,26H,4-7H2,1-3H3,(H2,25,27)/p+2/t18-,20-,21+/m0/s1. The maximum atomic E-state index is 10.7. The normalized spacial score (nSPS) is 31.8. The number of ether oxygens (including phenoxy) is 3. The highest BCUT2D eigenvalue weighted by Gasteiger charge is 2.84. The van der Waals surface area contributed by atoms with Crippen molar-refractivity contribution in [3.63, 3.8) is 0 Å². The lowest BCUT2D eigenvalue weighted by Gasteiger charge is -2.48. The van der Waals surface area contributed by atoms with Gasteiger partial charge in [-0.15, -0.1) is 0 Å². The Labute approximate surface area is 175 Å². The van der Waals surface area contributed by atoms with Crippen molar-refractivity contribution in [3.05, 3.63) is 41.1 Å². The van der Waals surface area contributed by atoms with E-state index in [-0.39, 0.29) is 5.84 Å². The Morgan fingerprint density at radius 1 is 1.07 bits per heavy atom. The molecule has 30 heavy (non-hydrogen) atoms. The van der Waals surface area contributed by atoms with Crippen molar-refractivity contribution in [1.29, 1.82) is 10.5 Å². The van der Waals surface area contributed by atoms with Gasteiger partial charge in [0, 0.05) is 31.8 Å². The van der Waals surface area contributed by atoms with Gasteiger partial charge in [0.15, 0.2) is 0 Å². The summed E-state index contributed by atoms with van der Waals surface area (Å²) >= 11 is 0. The van der Waals surface area contributed by atoms with Gasteiger partial charge in [-0.1, -0.05) is 0 Å². The number of nitriles is 2. The molecule has 0 saturated carbocycles. The van der Waals surface area contributed by atoms with Crippen LogP contribution < -0.4 is 20.8 Å². The van der Waals surface area contributed by atoms with Crippen LogP contribution in [0.15, 0.2) is 35.5 Å². The molecule has 0 fully saturated rings. The summed E-state index contributed by atoms with van der Waals surface area (Å²) in [6, 6.07) is 12.0. The molecule has 3 aliphatic rings. The van der Waals surface area contributed by atoms with E-state index in [4.69, 9.17) is 19.9 Å². The van der Waals surface area contributed by atoms with Gasteiger partial charge in [0.05, 0.1) is 19.2 Å². The molecule has 2 heterocycles. The zero-order chi connectivity index (χ0) is 21.6. The van der Waals surface area contributed by atoms with Gasteiger partial charge in [0.25, 0.3) is 5.84 Å². The van der Waals surface area contributed by atoms with Crippen LogP contribution in [0.25, 0.3) is 0 Å². The van der Waals surface area contributed by atoms with Crippen LogP contribution in [0.5, 0.6) is 5.75 Å². The monoisotopic (exact) mass is 409 g/mol. The minimum atomic E-state index is -1.56. The van der Waals surface area contributed by atoms with E-state index >= 15 is 0 Å². The smallest absolute Gasteiger partial charge is 0.346 e. The summed E-state index contributed by atoms with van der Waals surface area (Å²) in [6.45, 7) is 0. The topological polar surface area (TPSA) is 132 Å². The van der Waals surface area contributed by atoms with E-state index in [2.05, 4.69) is 22.4 Å². The fraction of sp³-hybridized carbons (Fsp3) is 0.500. The van der Waals surface area contributed by atoms with Crippen molar-refractivity contribution in [2.75, 3.05) is 21.3 Å². The van der Waals surface area contributed by atoms with Crippen LogP contribution in [0.3, 0.4) is 0 Å². The average Bonchev–Trinajstić information content (AvgIpc) is 3.04. The van der Waals surface area contributed by atoms with Crippen LogP contribution >= 0.6 is 0 Å². The summed E-state index contributed by atoms with van der Waals surface area (Å²) in [5, 5.41) is 23.5. The van der Waals surface area contributed by atoms with Gasteiger partial charge in [-0.3, -0.25) is 5.73 Å². The molecule has 0 spiro atoms. The molecular formula is C22H27N5O3+2. The first kappa shape index (κ1) is 20.4. The van der Waals surface area contributed by atoms with Crippen LogP contribution in [0.4, 0.5) is 0 Å². The van der Waals surface area contributed by atoms with Gasteiger partial charge in [-0.25, -0.2) is 4.99 Å². The highest BCUT2D eigenvalue weighted by molar-refractivity contribution is 5.90. The number of allylic oxidation sites excluding steroid dienone is 1. The molecule has 0 bridgehead atoms. The zero-order valence-electron chi connectivity index (χ0n) is 17.5. The van der Waals surface area contributed by atoms with Crippen molar-refractivity contribution in [1.82, 2.24) is 0 Å². The third kappa shape index (κ3) is 2.21. The van der Waals surface area contributed by atoms with Gasteiger partial charge in [0.2, 0.25) is 10.8 Å². The Morgan fingerprint density at radius 3 is 2.30 bits per heavy atom. The molecule has 0 radical (unpaired) electrons. The van der Waals surface area contributed by atoms with Crippen molar-refractivity contribution < 1.29 is 24.5 Å². The number of quaternary nitrogens is 1. The molecule has 3 atom stereocenters. The minimum absolute atomic E-state index is 0.185. The number of nitrogens with zero attached hydrogens (tertiary/aromatic N) is 2. The van der Waals surface area contributed by atoms with Crippen molar-refractivity contribution in [2.24, 2.45) is 16.6 Å². The highest BCUT2D eigenvalue weighted by Crippen LogP contribution is 2.61. The number of rotatable bonds is 4. The summed E-state index contributed by atoms with van der Waals surface area (Å²) < 4.78 is 16.9. The third-order valence-corrected chi connectivity index (χ3v) is 7.00. The Bertz CT molecular complexity index is 999. The Balaban J connectivity index is 2.05. The molecule has 1 aliphatic carbocycles. The Kier molecular flexibility index (Phi) is 4.82. The maximum absolute atomic E-state index is 10.7. The van der Waals surface area contributed by atoms with E-state index in [1.54, 1.807) is 7.11 Å². The highest BCUT2D eigenvalue weighted by atomic mass is 16.7. The quantitative estimate of drug-likeness (QED) is 0.578. The summed E-state index contributed by atoms with van der Waals surface area (Å²) in [5.74, 6) is -0.655. The molecule has 2 aliphatic heterocycles. The summed E-state index contributed by atoms with van der Waals surface area (Å²) in [4.78, 5) is 3.07. The molecule has 0 unspecified atom stereocenters. The number of fused-ring (bicyclic) bond motifs is 2. The molecule has 0 amide bonds. The second kappa shape index (κ2) is 7.10. The largest absolute Gasteiger partial charge is 0.497 e. The molecule has 1 aromatic rings. The lowest BCUT2D eigenvalue weighted by molar-refractivity contribution is -0.700. The number of hydrogen-bond acceptors (Lipinski definition) is 6. The van der Waals surface area contributed by atoms with E-state index in [1.807, 2.05) is 24.3 Å². The zero-order valence-corrected chi connectivity index (χ0v) is 17.5. The van der Waals surface area contributed by atoms with Crippen LogP contribution in [-0.4, -0.2) is 33.1 Å². The lowest BCUT2D eigenvalue weighted by Crippen LogP contribution is -2.92. The number of benzene rings is 1. The van der Waals surface area contributed by atoms with Crippen LogP contribution in [-0.2, 0) is 9.47 Å². The van der Waals surface area contributed by atoms with Crippen LogP contribution in [0.1, 0.15) is 37.3 Å². The Hall–Kier alpha value is -2.91. The maximum Gasteiger partial charge on any atom is 0.346 e. The molecular weight excluding hydrogens is 382 g/mol. The SMILES string of the molecule is COc1ccc([C@@H]2[NH2+]C3=C(CCCC3)[C@@]3(C#N)C(OC)(OC)[NH+]=C(N)[C@]23C#N)cc1. The fourth-order valence-corrected chi connectivity index (χ4v) is 5.63.